The molecule has 3 aromatic rings. The summed E-state index contributed by atoms with van der Waals surface area (Å²) >= 11 is 4.12. The molecule has 5 nitrogen and oxygen atoms in total. The SMILES string of the molecule is COC(=O)C(CS)NC(=O)CCOC(c1ccccc1)(c1ccccc1)c1ccccc1. The first-order valence-electron chi connectivity index (χ1n) is 10.4. The molecule has 0 aromatic heterocycles. The average Bonchev–Trinajstić information content (AvgIpc) is 2.86. The lowest BCUT2D eigenvalue weighted by atomic mass is 9.80. The minimum atomic E-state index is -0.893. The van der Waals surface area contributed by atoms with Gasteiger partial charge in [-0.05, 0) is 16.7 Å². The van der Waals surface area contributed by atoms with Crippen LogP contribution in [0, 0.1) is 0 Å². The number of methoxy groups -OCH3 is 1. The summed E-state index contributed by atoms with van der Waals surface area (Å²) in [5, 5.41) is 2.65. The molecule has 166 valence electrons. The van der Waals surface area contributed by atoms with Crippen LogP contribution in [0.2, 0.25) is 0 Å². The van der Waals surface area contributed by atoms with Crippen LogP contribution in [0.15, 0.2) is 91.0 Å². The summed E-state index contributed by atoms with van der Waals surface area (Å²) in [6.07, 6.45) is 0.0789. The summed E-state index contributed by atoms with van der Waals surface area (Å²) < 4.78 is 11.3. The van der Waals surface area contributed by atoms with Gasteiger partial charge >= 0.3 is 5.97 Å². The molecule has 1 atom stereocenters. The second-order valence-corrected chi connectivity index (χ2v) is 7.57. The molecule has 3 rings (SSSR count). The zero-order valence-electron chi connectivity index (χ0n) is 17.9. The first-order valence-corrected chi connectivity index (χ1v) is 11.0. The zero-order valence-corrected chi connectivity index (χ0v) is 18.8. The van der Waals surface area contributed by atoms with Gasteiger partial charge in [0.2, 0.25) is 5.91 Å². The average molecular weight is 450 g/mol. The van der Waals surface area contributed by atoms with Crippen LogP contribution in [0.4, 0.5) is 0 Å². The Hall–Kier alpha value is -3.09. The number of amides is 1. The summed E-state index contributed by atoms with van der Waals surface area (Å²) in [5.74, 6) is -0.680. The number of nitrogens with one attached hydrogen (secondary N) is 1. The first kappa shape index (κ1) is 23.6. The molecular weight excluding hydrogens is 422 g/mol. The maximum absolute atomic E-state index is 12.5. The molecule has 3 aromatic carbocycles. The van der Waals surface area contributed by atoms with Crippen LogP contribution in [0.25, 0.3) is 0 Å². The van der Waals surface area contributed by atoms with E-state index < -0.39 is 17.6 Å². The van der Waals surface area contributed by atoms with Gasteiger partial charge in [-0.15, -0.1) is 0 Å². The first-order chi connectivity index (χ1) is 15.6. The monoisotopic (exact) mass is 449 g/mol. The van der Waals surface area contributed by atoms with Crippen molar-refractivity contribution < 1.29 is 19.1 Å². The van der Waals surface area contributed by atoms with Gasteiger partial charge in [0.1, 0.15) is 11.6 Å². The summed E-state index contributed by atoms with van der Waals surface area (Å²) in [6.45, 7) is 0.144. The number of ether oxygens (including phenoxy) is 2. The Balaban J connectivity index is 1.90. The van der Waals surface area contributed by atoms with Crippen LogP contribution in [-0.2, 0) is 24.7 Å². The largest absolute Gasteiger partial charge is 0.467 e. The number of carbonyl (C=O) groups excluding carboxylic acids is 2. The van der Waals surface area contributed by atoms with Crippen LogP contribution >= 0.6 is 12.6 Å². The molecule has 0 saturated carbocycles. The normalized spacial score (nSPS) is 12.1. The molecule has 0 aliphatic heterocycles. The van der Waals surface area contributed by atoms with Crippen LogP contribution in [0.5, 0.6) is 0 Å². The Morgan fingerprint density at radius 3 is 1.66 bits per heavy atom. The minimum Gasteiger partial charge on any atom is -0.467 e. The van der Waals surface area contributed by atoms with Gasteiger partial charge in [-0.25, -0.2) is 4.79 Å². The summed E-state index contributed by atoms with van der Waals surface area (Å²) in [7, 11) is 1.28. The lowest BCUT2D eigenvalue weighted by molar-refractivity contribution is -0.144. The quantitative estimate of drug-likeness (QED) is 0.279. The lowest BCUT2D eigenvalue weighted by Gasteiger charge is -2.36. The second-order valence-electron chi connectivity index (χ2n) is 7.20. The van der Waals surface area contributed by atoms with E-state index in [2.05, 4.69) is 17.9 Å². The van der Waals surface area contributed by atoms with Crippen LogP contribution in [0.3, 0.4) is 0 Å². The number of rotatable bonds is 10. The summed E-state index contributed by atoms with van der Waals surface area (Å²) in [5.41, 5.74) is 1.98. The highest BCUT2D eigenvalue weighted by atomic mass is 32.1. The topological polar surface area (TPSA) is 64.6 Å². The van der Waals surface area contributed by atoms with E-state index in [4.69, 9.17) is 9.47 Å². The standard InChI is InChI=1S/C26H27NO4S/c1-30-25(29)23(19-32)27-24(28)17-18-31-26(20-11-5-2-6-12-20,21-13-7-3-8-14-21)22-15-9-4-10-16-22/h2-16,23,32H,17-19H2,1H3,(H,27,28). The van der Waals surface area contributed by atoms with E-state index in [1.165, 1.54) is 7.11 Å². The fourth-order valence-corrected chi connectivity index (χ4v) is 3.89. The molecule has 1 amide bonds. The van der Waals surface area contributed by atoms with Gasteiger partial charge in [0, 0.05) is 5.75 Å². The Morgan fingerprint density at radius 1 is 0.844 bits per heavy atom. The van der Waals surface area contributed by atoms with Gasteiger partial charge < -0.3 is 14.8 Å². The summed E-state index contributed by atoms with van der Waals surface area (Å²) in [6, 6.07) is 29.1. The minimum absolute atomic E-state index is 0.0789. The molecule has 0 fully saturated rings. The van der Waals surface area contributed by atoms with Gasteiger partial charge in [0.05, 0.1) is 20.1 Å². The van der Waals surface area contributed by atoms with E-state index in [1.54, 1.807) is 0 Å². The predicted molar refractivity (Wildman–Crippen MR) is 128 cm³/mol. The molecule has 0 saturated heterocycles. The molecule has 32 heavy (non-hydrogen) atoms. The van der Waals surface area contributed by atoms with Crippen LogP contribution in [0.1, 0.15) is 23.1 Å². The van der Waals surface area contributed by atoms with Crippen molar-refractivity contribution in [2.75, 3.05) is 19.5 Å². The van der Waals surface area contributed by atoms with Crippen molar-refractivity contribution in [2.24, 2.45) is 0 Å². The van der Waals surface area contributed by atoms with Crippen molar-refractivity contribution >= 4 is 24.5 Å². The number of hydrogen-bond acceptors (Lipinski definition) is 5. The van der Waals surface area contributed by atoms with E-state index in [1.807, 2.05) is 91.0 Å². The fourth-order valence-electron chi connectivity index (χ4n) is 3.65. The van der Waals surface area contributed by atoms with Crippen molar-refractivity contribution in [3.05, 3.63) is 108 Å². The number of hydrogen-bond donors (Lipinski definition) is 2. The molecule has 0 spiro atoms. The highest BCUT2D eigenvalue weighted by Crippen LogP contribution is 2.40. The third kappa shape index (κ3) is 5.39. The molecule has 0 bridgehead atoms. The maximum atomic E-state index is 12.5. The molecule has 0 heterocycles. The third-order valence-electron chi connectivity index (χ3n) is 5.19. The van der Waals surface area contributed by atoms with Crippen molar-refractivity contribution in [3.63, 3.8) is 0 Å². The van der Waals surface area contributed by atoms with Crippen LogP contribution in [-0.4, -0.2) is 37.4 Å². The molecule has 1 unspecified atom stereocenters. The molecule has 1 N–H and O–H groups in total. The summed E-state index contributed by atoms with van der Waals surface area (Å²) in [4.78, 5) is 24.2. The van der Waals surface area contributed by atoms with Gasteiger partial charge in [-0.1, -0.05) is 91.0 Å². The Kier molecular flexibility index (Phi) is 8.48. The number of benzene rings is 3. The van der Waals surface area contributed by atoms with Crippen LogP contribution < -0.4 is 5.32 Å². The van der Waals surface area contributed by atoms with Gasteiger partial charge in [0.25, 0.3) is 0 Å². The molecule has 0 aliphatic carbocycles. The van der Waals surface area contributed by atoms with Gasteiger partial charge in [-0.3, -0.25) is 4.79 Å². The molecule has 0 radical (unpaired) electrons. The van der Waals surface area contributed by atoms with Gasteiger partial charge in [-0.2, -0.15) is 12.6 Å². The van der Waals surface area contributed by atoms with Crippen molar-refractivity contribution in [2.45, 2.75) is 18.1 Å². The Labute approximate surface area is 194 Å². The van der Waals surface area contributed by atoms with Crippen molar-refractivity contribution in [3.8, 4) is 0 Å². The van der Waals surface area contributed by atoms with Gasteiger partial charge in [0.15, 0.2) is 0 Å². The van der Waals surface area contributed by atoms with E-state index in [9.17, 15) is 9.59 Å². The lowest BCUT2D eigenvalue weighted by Crippen LogP contribution is -2.43. The highest BCUT2D eigenvalue weighted by molar-refractivity contribution is 7.80. The Morgan fingerprint density at radius 2 is 1.28 bits per heavy atom. The fraction of sp³-hybridized carbons (Fsp3) is 0.231. The van der Waals surface area contributed by atoms with Crippen molar-refractivity contribution in [1.82, 2.24) is 5.32 Å². The zero-order chi connectivity index (χ0) is 22.8. The third-order valence-corrected chi connectivity index (χ3v) is 5.56. The predicted octanol–water partition coefficient (Wildman–Crippen LogP) is 3.97. The number of thiol groups is 1. The molecule has 6 heteroatoms. The smallest absolute Gasteiger partial charge is 0.329 e. The van der Waals surface area contributed by atoms with Crippen molar-refractivity contribution in [1.29, 1.82) is 0 Å². The number of esters is 1. The Bertz CT molecular complexity index is 899. The van der Waals surface area contributed by atoms with E-state index >= 15 is 0 Å². The van der Waals surface area contributed by atoms with E-state index in [0.29, 0.717) is 0 Å². The molecular formula is C26H27NO4S. The highest BCUT2D eigenvalue weighted by Gasteiger charge is 2.37. The molecule has 0 aliphatic rings. The number of carbonyl (C=O) groups is 2. The van der Waals surface area contributed by atoms with E-state index in [-0.39, 0.29) is 24.7 Å². The maximum Gasteiger partial charge on any atom is 0.329 e. The second kappa shape index (κ2) is 11.5. The van der Waals surface area contributed by atoms with E-state index in [0.717, 1.165) is 16.7 Å².